The van der Waals surface area contributed by atoms with E-state index < -0.39 is 0 Å². The fourth-order valence-corrected chi connectivity index (χ4v) is 5.44. The summed E-state index contributed by atoms with van der Waals surface area (Å²) in [4.78, 5) is 23.6. The summed E-state index contributed by atoms with van der Waals surface area (Å²) in [6.07, 6.45) is 5.65. The highest BCUT2D eigenvalue weighted by molar-refractivity contribution is 7.21. The van der Waals surface area contributed by atoms with E-state index in [-0.39, 0.29) is 5.91 Å². The molecule has 3 heterocycles. The number of benzene rings is 1. The molecule has 0 bridgehead atoms. The van der Waals surface area contributed by atoms with Crippen molar-refractivity contribution < 1.29 is 4.79 Å². The zero-order valence-corrected chi connectivity index (χ0v) is 17.4. The fraction of sp³-hybridized carbons (Fsp3) is 0.227. The van der Waals surface area contributed by atoms with Crippen LogP contribution in [0, 0.1) is 0 Å². The molecule has 0 unspecified atom stereocenters. The summed E-state index contributed by atoms with van der Waals surface area (Å²) < 4.78 is 0. The molecule has 3 N–H and O–H groups in total. The Labute approximate surface area is 176 Å². The number of nitrogens with two attached hydrogens (primary N) is 1. The third kappa shape index (κ3) is 3.52. The normalized spacial score (nSPS) is 13.8. The Kier molecular flexibility index (Phi) is 4.77. The van der Waals surface area contributed by atoms with Crippen molar-refractivity contribution in [2.45, 2.75) is 32.1 Å². The Hall–Kier alpha value is -2.77. The van der Waals surface area contributed by atoms with Crippen molar-refractivity contribution >= 4 is 49.6 Å². The van der Waals surface area contributed by atoms with Gasteiger partial charge in [0.05, 0.1) is 11.4 Å². The van der Waals surface area contributed by atoms with Gasteiger partial charge in [-0.15, -0.1) is 22.7 Å². The van der Waals surface area contributed by atoms with Crippen molar-refractivity contribution in [3.63, 3.8) is 0 Å². The molecule has 29 heavy (non-hydrogen) atoms. The third-order valence-corrected chi connectivity index (χ3v) is 7.12. The van der Waals surface area contributed by atoms with Crippen LogP contribution in [0.4, 0.5) is 10.8 Å². The van der Waals surface area contributed by atoms with E-state index in [2.05, 4.69) is 16.4 Å². The molecule has 0 aliphatic heterocycles. The maximum absolute atomic E-state index is 12.9. The summed E-state index contributed by atoms with van der Waals surface area (Å²) >= 11 is 2.77. The van der Waals surface area contributed by atoms with Crippen molar-refractivity contribution in [1.29, 1.82) is 0 Å². The van der Waals surface area contributed by atoms with Crippen molar-refractivity contribution in [3.8, 4) is 11.3 Å². The molecular weight excluding hydrogens is 400 g/mol. The van der Waals surface area contributed by atoms with E-state index in [0.717, 1.165) is 40.0 Å². The minimum Gasteiger partial charge on any atom is -0.397 e. The number of aromatic nitrogens is 2. The van der Waals surface area contributed by atoms with Crippen LogP contribution in [0.3, 0.4) is 0 Å². The first kappa shape index (κ1) is 18.3. The van der Waals surface area contributed by atoms with Gasteiger partial charge in [-0.3, -0.25) is 10.1 Å². The number of aryl methyl sites for hydroxylation is 2. The Morgan fingerprint density at radius 3 is 2.76 bits per heavy atom. The van der Waals surface area contributed by atoms with Crippen LogP contribution in [0.5, 0.6) is 0 Å². The van der Waals surface area contributed by atoms with Crippen molar-refractivity contribution in [2.75, 3.05) is 11.1 Å². The fourth-order valence-electron chi connectivity index (χ4n) is 3.73. The summed E-state index contributed by atoms with van der Waals surface area (Å²) in [7, 11) is 0. The summed E-state index contributed by atoms with van der Waals surface area (Å²) in [6, 6.07) is 12.1. The smallest absolute Gasteiger partial charge is 0.269 e. The van der Waals surface area contributed by atoms with Gasteiger partial charge >= 0.3 is 0 Å². The number of nitrogens with one attached hydrogen (secondary N) is 1. The number of nitrogens with zero attached hydrogens (tertiary/aromatic N) is 2. The molecule has 7 heteroatoms. The van der Waals surface area contributed by atoms with E-state index in [1.54, 1.807) is 0 Å². The summed E-state index contributed by atoms with van der Waals surface area (Å²) in [5.74, 6) is -0.227. The van der Waals surface area contributed by atoms with Crippen LogP contribution < -0.4 is 11.1 Å². The van der Waals surface area contributed by atoms with E-state index in [0.29, 0.717) is 15.7 Å². The number of carbonyl (C=O) groups is 1. The highest BCUT2D eigenvalue weighted by atomic mass is 32.1. The van der Waals surface area contributed by atoms with Crippen LogP contribution in [0.15, 0.2) is 41.8 Å². The molecule has 0 atom stereocenters. The highest BCUT2D eigenvalue weighted by Gasteiger charge is 2.21. The van der Waals surface area contributed by atoms with Gasteiger partial charge in [-0.25, -0.2) is 9.97 Å². The zero-order chi connectivity index (χ0) is 19.8. The molecule has 1 aliphatic rings. The maximum Gasteiger partial charge on any atom is 0.269 e. The van der Waals surface area contributed by atoms with Crippen LogP contribution in [-0.2, 0) is 12.8 Å². The lowest BCUT2D eigenvalue weighted by Gasteiger charge is -2.04. The second kappa shape index (κ2) is 7.57. The summed E-state index contributed by atoms with van der Waals surface area (Å²) in [5.41, 5.74) is 11.2. The van der Waals surface area contributed by atoms with Gasteiger partial charge in [-0.2, -0.15) is 0 Å². The third-order valence-electron chi connectivity index (χ3n) is 5.25. The zero-order valence-electron chi connectivity index (χ0n) is 15.8. The summed E-state index contributed by atoms with van der Waals surface area (Å²) in [6.45, 7) is 0. The Bertz CT molecular complexity index is 1200. The quantitative estimate of drug-likeness (QED) is 0.427. The number of pyridine rings is 1. The molecule has 1 aliphatic carbocycles. The molecule has 0 fully saturated rings. The van der Waals surface area contributed by atoms with Crippen molar-refractivity contribution in [1.82, 2.24) is 9.97 Å². The number of hydrogen-bond donors (Lipinski definition) is 2. The molecule has 4 aromatic rings. The van der Waals surface area contributed by atoms with E-state index in [4.69, 9.17) is 10.7 Å². The maximum atomic E-state index is 12.9. The minimum absolute atomic E-state index is 0.227. The summed E-state index contributed by atoms with van der Waals surface area (Å²) in [5, 5.41) is 6.30. The van der Waals surface area contributed by atoms with Gasteiger partial charge in [0.25, 0.3) is 5.91 Å². The van der Waals surface area contributed by atoms with Crippen molar-refractivity contribution in [3.05, 3.63) is 57.9 Å². The average Bonchev–Trinajstić information content (AvgIpc) is 3.24. The molecule has 5 nitrogen and oxygen atoms in total. The predicted molar refractivity (Wildman–Crippen MR) is 121 cm³/mol. The monoisotopic (exact) mass is 420 g/mol. The average molecular weight is 421 g/mol. The molecule has 0 spiro atoms. The molecular formula is C22H20N4OS2. The first-order chi connectivity index (χ1) is 14.2. The lowest BCUT2D eigenvalue weighted by molar-refractivity contribution is 0.103. The number of rotatable bonds is 3. The number of thiazole rings is 1. The SMILES string of the molecule is Nc1c(C(=O)Nc2nc(-c3ccccc3)cs2)sc2nc3c(cc12)CCCCC3. The van der Waals surface area contributed by atoms with Crippen LogP contribution in [0.2, 0.25) is 0 Å². The molecule has 1 aromatic carbocycles. The van der Waals surface area contributed by atoms with E-state index in [1.807, 2.05) is 35.7 Å². The standard InChI is InChI=1S/C22H20N4OS2/c23-18-15-11-14-9-5-2-6-10-16(14)24-21(15)29-19(18)20(27)26-22-25-17(12-28-22)13-7-3-1-4-8-13/h1,3-4,7-8,11-12H,2,5-6,9-10,23H2,(H,25,26,27). The van der Waals surface area contributed by atoms with E-state index >= 15 is 0 Å². The van der Waals surface area contributed by atoms with E-state index in [9.17, 15) is 4.79 Å². The van der Waals surface area contributed by atoms with Crippen LogP contribution in [-0.4, -0.2) is 15.9 Å². The topological polar surface area (TPSA) is 80.9 Å². The number of hydrogen-bond acceptors (Lipinski definition) is 6. The van der Waals surface area contributed by atoms with Gasteiger partial charge in [0, 0.05) is 22.0 Å². The predicted octanol–water partition coefficient (Wildman–Crippen LogP) is 5.52. The number of carbonyl (C=O) groups excluding carboxylic acids is 1. The molecule has 3 aromatic heterocycles. The Morgan fingerprint density at radius 2 is 1.90 bits per heavy atom. The number of amides is 1. The van der Waals surface area contributed by atoms with Crippen LogP contribution in [0.25, 0.3) is 21.5 Å². The number of fused-ring (bicyclic) bond motifs is 2. The molecule has 146 valence electrons. The van der Waals surface area contributed by atoms with Gasteiger partial charge in [0.1, 0.15) is 9.71 Å². The molecule has 0 saturated heterocycles. The lowest BCUT2D eigenvalue weighted by atomic mass is 10.1. The Morgan fingerprint density at radius 1 is 1.07 bits per heavy atom. The first-order valence-corrected chi connectivity index (χ1v) is 11.4. The molecule has 0 saturated carbocycles. The van der Waals surface area contributed by atoms with Gasteiger partial charge in [-0.1, -0.05) is 36.8 Å². The number of anilines is 2. The second-order valence-electron chi connectivity index (χ2n) is 7.21. The Balaban J connectivity index is 1.43. The number of thiophene rings is 1. The lowest BCUT2D eigenvalue weighted by Crippen LogP contribution is -2.11. The number of nitrogen functional groups attached to an aromatic ring is 1. The highest BCUT2D eigenvalue weighted by Crippen LogP contribution is 2.36. The van der Waals surface area contributed by atoms with Gasteiger partial charge < -0.3 is 5.73 Å². The second-order valence-corrected chi connectivity index (χ2v) is 9.07. The largest absolute Gasteiger partial charge is 0.397 e. The van der Waals surface area contributed by atoms with Crippen LogP contribution >= 0.6 is 22.7 Å². The molecule has 0 radical (unpaired) electrons. The van der Waals surface area contributed by atoms with Crippen molar-refractivity contribution in [2.24, 2.45) is 0 Å². The van der Waals surface area contributed by atoms with Gasteiger partial charge in [-0.05, 0) is 37.3 Å². The van der Waals surface area contributed by atoms with Gasteiger partial charge in [0.15, 0.2) is 5.13 Å². The molecule has 1 amide bonds. The minimum atomic E-state index is -0.227. The van der Waals surface area contributed by atoms with Gasteiger partial charge in [0.2, 0.25) is 0 Å². The van der Waals surface area contributed by atoms with Crippen LogP contribution in [0.1, 0.15) is 40.2 Å². The first-order valence-electron chi connectivity index (χ1n) is 9.72. The molecule has 5 rings (SSSR count). The van der Waals surface area contributed by atoms with E-state index in [1.165, 1.54) is 47.5 Å².